The quantitative estimate of drug-likeness (QED) is 0.599. The van der Waals surface area contributed by atoms with E-state index in [1.54, 1.807) is 7.11 Å². The van der Waals surface area contributed by atoms with Gasteiger partial charge >= 0.3 is 5.97 Å². The van der Waals surface area contributed by atoms with Gasteiger partial charge in [0.2, 0.25) is 5.91 Å². The summed E-state index contributed by atoms with van der Waals surface area (Å²) in [6.45, 7) is 2.49. The predicted molar refractivity (Wildman–Crippen MR) is 61.7 cm³/mol. The van der Waals surface area contributed by atoms with Crippen LogP contribution in [0.3, 0.4) is 0 Å². The first-order valence-corrected chi connectivity index (χ1v) is 5.81. The van der Waals surface area contributed by atoms with Crippen molar-refractivity contribution in [3.8, 4) is 0 Å². The second-order valence-electron chi connectivity index (χ2n) is 4.40. The molecular weight excluding hydrogens is 224 g/mol. The van der Waals surface area contributed by atoms with Crippen LogP contribution in [0.1, 0.15) is 26.2 Å². The van der Waals surface area contributed by atoms with Gasteiger partial charge in [-0.05, 0) is 19.8 Å². The lowest BCUT2D eigenvalue weighted by atomic mass is 10.1. The minimum Gasteiger partial charge on any atom is -0.481 e. The second-order valence-corrected chi connectivity index (χ2v) is 4.40. The number of carboxylic acids is 1. The molecule has 3 unspecified atom stereocenters. The Morgan fingerprint density at radius 1 is 1.59 bits per heavy atom. The third-order valence-electron chi connectivity index (χ3n) is 2.92. The van der Waals surface area contributed by atoms with E-state index in [0.29, 0.717) is 19.4 Å². The third-order valence-corrected chi connectivity index (χ3v) is 2.92. The molecule has 0 aromatic rings. The number of nitrogens with one attached hydrogen (secondary N) is 2. The van der Waals surface area contributed by atoms with E-state index in [9.17, 15) is 9.59 Å². The molecule has 0 aromatic heterocycles. The van der Waals surface area contributed by atoms with Crippen molar-refractivity contribution in [3.63, 3.8) is 0 Å². The van der Waals surface area contributed by atoms with Crippen LogP contribution in [0.4, 0.5) is 0 Å². The van der Waals surface area contributed by atoms with Crippen molar-refractivity contribution < 1.29 is 19.4 Å². The van der Waals surface area contributed by atoms with Crippen molar-refractivity contribution in [2.24, 2.45) is 0 Å². The van der Waals surface area contributed by atoms with Crippen LogP contribution in [0.2, 0.25) is 0 Å². The molecule has 1 amide bonds. The average molecular weight is 244 g/mol. The van der Waals surface area contributed by atoms with Crippen LogP contribution in [0.15, 0.2) is 0 Å². The van der Waals surface area contributed by atoms with Gasteiger partial charge in [0.25, 0.3) is 0 Å². The number of methoxy groups -OCH3 is 1. The first-order valence-electron chi connectivity index (χ1n) is 5.81. The number of aliphatic carboxylic acids is 1. The zero-order valence-electron chi connectivity index (χ0n) is 10.2. The maximum Gasteiger partial charge on any atom is 0.303 e. The molecule has 6 heteroatoms. The fraction of sp³-hybridized carbons (Fsp3) is 0.818. The molecule has 3 atom stereocenters. The summed E-state index contributed by atoms with van der Waals surface area (Å²) in [5.74, 6) is -0.924. The summed E-state index contributed by atoms with van der Waals surface area (Å²) in [7, 11) is 1.63. The molecule has 0 saturated carbocycles. The highest BCUT2D eigenvalue weighted by atomic mass is 16.5. The first kappa shape index (κ1) is 13.9. The van der Waals surface area contributed by atoms with Crippen molar-refractivity contribution in [2.75, 3.05) is 13.7 Å². The van der Waals surface area contributed by atoms with Gasteiger partial charge in [0.1, 0.15) is 0 Å². The molecule has 98 valence electrons. The molecule has 1 aliphatic heterocycles. The monoisotopic (exact) mass is 244 g/mol. The van der Waals surface area contributed by atoms with Crippen LogP contribution in [0.25, 0.3) is 0 Å². The van der Waals surface area contributed by atoms with Crippen LogP contribution in [-0.2, 0) is 14.3 Å². The molecule has 0 aromatic carbocycles. The first-order chi connectivity index (χ1) is 8.02. The molecule has 1 aliphatic rings. The summed E-state index contributed by atoms with van der Waals surface area (Å²) in [6, 6.07) is -0.353. The summed E-state index contributed by atoms with van der Waals surface area (Å²) < 4.78 is 5.16. The number of hydrogen-bond acceptors (Lipinski definition) is 4. The number of carbonyl (C=O) groups is 2. The van der Waals surface area contributed by atoms with Crippen LogP contribution >= 0.6 is 0 Å². The fourth-order valence-electron chi connectivity index (χ4n) is 1.84. The van der Waals surface area contributed by atoms with Crippen molar-refractivity contribution in [3.05, 3.63) is 0 Å². The number of hydrogen-bond donors (Lipinski definition) is 3. The van der Waals surface area contributed by atoms with Crippen LogP contribution in [0, 0.1) is 0 Å². The lowest BCUT2D eigenvalue weighted by molar-refractivity contribution is -0.137. The molecular formula is C11H20N2O4. The van der Waals surface area contributed by atoms with Crippen LogP contribution in [0.5, 0.6) is 0 Å². The molecule has 1 fully saturated rings. The molecule has 0 aliphatic carbocycles. The Labute approximate surface area is 101 Å². The van der Waals surface area contributed by atoms with Gasteiger partial charge in [-0.2, -0.15) is 0 Å². The van der Waals surface area contributed by atoms with Gasteiger partial charge in [-0.15, -0.1) is 0 Å². The number of carbonyl (C=O) groups excluding carboxylic acids is 1. The van der Waals surface area contributed by atoms with E-state index in [0.717, 1.165) is 0 Å². The number of ether oxygens (including phenoxy) is 1. The summed E-state index contributed by atoms with van der Waals surface area (Å²) in [5.41, 5.74) is 0. The number of carboxylic acid groups (broad SMARTS) is 1. The molecule has 6 nitrogen and oxygen atoms in total. The topological polar surface area (TPSA) is 87.7 Å². The fourth-order valence-corrected chi connectivity index (χ4v) is 1.84. The molecule has 1 heterocycles. The maximum atomic E-state index is 11.8. The highest BCUT2D eigenvalue weighted by Gasteiger charge is 2.29. The van der Waals surface area contributed by atoms with Gasteiger partial charge in [0, 0.05) is 26.1 Å². The Hall–Kier alpha value is -1.14. The normalized spacial score (nSPS) is 25.5. The van der Waals surface area contributed by atoms with Crippen molar-refractivity contribution >= 4 is 11.9 Å². The summed E-state index contributed by atoms with van der Waals surface area (Å²) in [5, 5.41) is 14.4. The Balaban J connectivity index is 2.27. The molecule has 3 N–H and O–H groups in total. The third kappa shape index (κ3) is 4.70. The molecule has 1 saturated heterocycles. The van der Waals surface area contributed by atoms with Crippen molar-refractivity contribution in [1.29, 1.82) is 0 Å². The van der Waals surface area contributed by atoms with Crippen molar-refractivity contribution in [2.45, 2.75) is 44.4 Å². The Morgan fingerprint density at radius 2 is 2.29 bits per heavy atom. The van der Waals surface area contributed by atoms with E-state index in [1.807, 2.05) is 6.92 Å². The van der Waals surface area contributed by atoms with Crippen LogP contribution < -0.4 is 10.6 Å². The average Bonchev–Trinajstić information content (AvgIpc) is 2.74. The van der Waals surface area contributed by atoms with E-state index >= 15 is 0 Å². The predicted octanol–water partition coefficient (Wildman–Crippen LogP) is -0.267. The summed E-state index contributed by atoms with van der Waals surface area (Å²) in [6.07, 6.45) is 1.26. The standard InChI is InChI=1S/C11H20N2O4/c1-7(3-4-10(14)15)13-11(16)9-5-8(17-2)6-12-9/h7-9,12H,3-6H2,1-2H3,(H,13,16)(H,14,15). The van der Waals surface area contributed by atoms with Gasteiger partial charge in [-0.3, -0.25) is 9.59 Å². The summed E-state index contributed by atoms with van der Waals surface area (Å²) >= 11 is 0. The van der Waals surface area contributed by atoms with Crippen LogP contribution in [-0.4, -0.2) is 48.8 Å². The highest BCUT2D eigenvalue weighted by Crippen LogP contribution is 2.10. The Kier molecular flexibility index (Phi) is 5.37. The second kappa shape index (κ2) is 6.56. The van der Waals surface area contributed by atoms with Gasteiger partial charge in [0.15, 0.2) is 0 Å². The van der Waals surface area contributed by atoms with Gasteiger partial charge in [0.05, 0.1) is 12.1 Å². The molecule has 0 radical (unpaired) electrons. The number of rotatable bonds is 6. The minimum atomic E-state index is -0.843. The van der Waals surface area contributed by atoms with Gasteiger partial charge in [-0.25, -0.2) is 0 Å². The van der Waals surface area contributed by atoms with E-state index < -0.39 is 5.97 Å². The zero-order chi connectivity index (χ0) is 12.8. The highest BCUT2D eigenvalue weighted by molar-refractivity contribution is 5.82. The Bertz CT molecular complexity index is 283. The van der Waals surface area contributed by atoms with E-state index in [-0.39, 0.29) is 30.5 Å². The van der Waals surface area contributed by atoms with E-state index in [4.69, 9.17) is 9.84 Å². The van der Waals surface area contributed by atoms with E-state index in [1.165, 1.54) is 0 Å². The molecule has 0 spiro atoms. The van der Waals surface area contributed by atoms with Crippen molar-refractivity contribution in [1.82, 2.24) is 10.6 Å². The van der Waals surface area contributed by atoms with Gasteiger partial charge in [-0.1, -0.05) is 0 Å². The molecule has 1 rings (SSSR count). The van der Waals surface area contributed by atoms with Gasteiger partial charge < -0.3 is 20.5 Å². The summed E-state index contributed by atoms with van der Waals surface area (Å²) in [4.78, 5) is 22.2. The lowest BCUT2D eigenvalue weighted by Crippen LogP contribution is -2.44. The number of amides is 1. The largest absolute Gasteiger partial charge is 0.481 e. The Morgan fingerprint density at radius 3 is 2.82 bits per heavy atom. The molecule has 17 heavy (non-hydrogen) atoms. The zero-order valence-corrected chi connectivity index (χ0v) is 10.2. The minimum absolute atomic E-state index is 0.0697. The molecule has 0 bridgehead atoms. The smallest absolute Gasteiger partial charge is 0.303 e. The SMILES string of the molecule is COC1CNC(C(=O)NC(C)CCC(=O)O)C1. The lowest BCUT2D eigenvalue weighted by Gasteiger charge is -2.16. The maximum absolute atomic E-state index is 11.8. The van der Waals surface area contributed by atoms with E-state index in [2.05, 4.69) is 10.6 Å².